The molecule has 2 rings (SSSR count). The zero-order chi connectivity index (χ0) is 13.1. The van der Waals surface area contributed by atoms with Crippen molar-refractivity contribution in [1.29, 1.82) is 0 Å². The predicted octanol–water partition coefficient (Wildman–Crippen LogP) is 1.73. The van der Waals surface area contributed by atoms with Gasteiger partial charge in [0, 0.05) is 16.8 Å². The molecule has 0 saturated carbocycles. The summed E-state index contributed by atoms with van der Waals surface area (Å²) in [5, 5.41) is 8.64. The molecule has 0 aliphatic rings. The fourth-order valence-electron chi connectivity index (χ4n) is 1.63. The van der Waals surface area contributed by atoms with Crippen molar-refractivity contribution in [3.05, 3.63) is 35.1 Å². The van der Waals surface area contributed by atoms with Crippen molar-refractivity contribution in [2.24, 2.45) is 0 Å². The number of aromatic nitrogens is 3. The van der Waals surface area contributed by atoms with Crippen LogP contribution in [0.3, 0.4) is 0 Å². The van der Waals surface area contributed by atoms with E-state index in [1.165, 1.54) is 6.33 Å². The van der Waals surface area contributed by atoms with Gasteiger partial charge in [-0.15, -0.1) is 10.2 Å². The Bertz CT molecular complexity index is 585. The van der Waals surface area contributed by atoms with Crippen molar-refractivity contribution < 1.29 is 8.95 Å². The third-order valence-electron chi connectivity index (χ3n) is 2.42. The molecular weight excluding hydrogens is 274 g/mol. The fraction of sp³-hybridized carbons (Fsp3) is 0.273. The van der Waals surface area contributed by atoms with Crippen molar-refractivity contribution in [2.45, 2.75) is 11.7 Å². The summed E-state index contributed by atoms with van der Waals surface area (Å²) in [5.41, 5.74) is 0.886. The SMILES string of the molecule is COc1ccc(Cl)cc1Cn1cnnc1[S@](C)=O. The van der Waals surface area contributed by atoms with E-state index in [9.17, 15) is 4.21 Å². The molecule has 18 heavy (non-hydrogen) atoms. The number of rotatable bonds is 4. The lowest BCUT2D eigenvalue weighted by atomic mass is 10.2. The van der Waals surface area contributed by atoms with Crippen LogP contribution in [0, 0.1) is 0 Å². The first-order valence-corrected chi connectivity index (χ1v) is 7.09. The van der Waals surface area contributed by atoms with Gasteiger partial charge in [0.15, 0.2) is 0 Å². The van der Waals surface area contributed by atoms with Gasteiger partial charge in [-0.2, -0.15) is 0 Å². The Morgan fingerprint density at radius 3 is 2.94 bits per heavy atom. The van der Waals surface area contributed by atoms with E-state index in [4.69, 9.17) is 16.3 Å². The summed E-state index contributed by atoms with van der Waals surface area (Å²) in [6.07, 6.45) is 3.10. The van der Waals surface area contributed by atoms with Crippen molar-refractivity contribution >= 4 is 22.4 Å². The van der Waals surface area contributed by atoms with Crippen LogP contribution in [0.15, 0.2) is 29.7 Å². The predicted molar refractivity (Wildman–Crippen MR) is 69.5 cm³/mol. The molecular formula is C11H12ClN3O2S. The fourth-order valence-corrected chi connectivity index (χ4v) is 2.43. The number of nitrogens with zero attached hydrogens (tertiary/aromatic N) is 3. The second kappa shape index (κ2) is 5.49. The second-order valence-corrected chi connectivity index (χ2v) is 5.36. The first-order chi connectivity index (χ1) is 8.61. The maximum Gasteiger partial charge on any atom is 0.221 e. The Hall–Kier alpha value is -1.40. The van der Waals surface area contributed by atoms with Crippen LogP contribution >= 0.6 is 11.6 Å². The largest absolute Gasteiger partial charge is 0.496 e. The van der Waals surface area contributed by atoms with Crippen LogP contribution in [-0.2, 0) is 17.3 Å². The van der Waals surface area contributed by atoms with E-state index in [0.717, 1.165) is 11.3 Å². The van der Waals surface area contributed by atoms with E-state index >= 15 is 0 Å². The van der Waals surface area contributed by atoms with Gasteiger partial charge >= 0.3 is 0 Å². The van der Waals surface area contributed by atoms with Gasteiger partial charge in [-0.3, -0.25) is 4.21 Å². The highest BCUT2D eigenvalue weighted by atomic mass is 35.5. The van der Waals surface area contributed by atoms with E-state index in [2.05, 4.69) is 10.2 Å². The summed E-state index contributed by atoms with van der Waals surface area (Å²) >= 11 is 5.96. The molecule has 0 bridgehead atoms. The lowest BCUT2D eigenvalue weighted by molar-refractivity contribution is 0.407. The average Bonchev–Trinajstić information content (AvgIpc) is 2.77. The Morgan fingerprint density at radius 1 is 1.50 bits per heavy atom. The molecule has 0 fully saturated rings. The molecule has 0 radical (unpaired) electrons. The van der Waals surface area contributed by atoms with Crippen LogP contribution < -0.4 is 4.74 Å². The van der Waals surface area contributed by atoms with E-state index in [-0.39, 0.29) is 0 Å². The van der Waals surface area contributed by atoms with Gasteiger partial charge < -0.3 is 9.30 Å². The van der Waals surface area contributed by atoms with E-state index < -0.39 is 10.8 Å². The second-order valence-electron chi connectivity index (χ2n) is 3.65. The van der Waals surface area contributed by atoms with E-state index in [1.807, 2.05) is 6.07 Å². The number of hydrogen-bond donors (Lipinski definition) is 0. The van der Waals surface area contributed by atoms with Gasteiger partial charge in [-0.25, -0.2) is 0 Å². The molecule has 7 heteroatoms. The van der Waals surface area contributed by atoms with Crippen molar-refractivity contribution in [2.75, 3.05) is 13.4 Å². The standard InChI is InChI=1S/C11H12ClN3O2S/c1-17-10-4-3-9(12)5-8(10)6-15-7-13-14-11(15)18(2)16/h3-5,7H,6H2,1-2H3/t18-/m0/s1. The molecule has 1 atom stereocenters. The molecule has 0 aliphatic heterocycles. The third kappa shape index (κ3) is 2.70. The quantitative estimate of drug-likeness (QED) is 0.858. The topological polar surface area (TPSA) is 57.0 Å². The molecule has 1 aromatic carbocycles. The summed E-state index contributed by atoms with van der Waals surface area (Å²) in [6, 6.07) is 5.36. The molecule has 0 unspecified atom stereocenters. The first kappa shape index (κ1) is 13.0. The Kier molecular flexibility index (Phi) is 3.98. The van der Waals surface area contributed by atoms with Crippen LogP contribution in [-0.4, -0.2) is 32.3 Å². The van der Waals surface area contributed by atoms with E-state index in [0.29, 0.717) is 16.7 Å². The number of benzene rings is 1. The molecule has 1 aromatic heterocycles. The number of halogens is 1. The van der Waals surface area contributed by atoms with Gasteiger partial charge in [0.25, 0.3) is 0 Å². The van der Waals surface area contributed by atoms with Crippen molar-refractivity contribution in [3.63, 3.8) is 0 Å². The normalized spacial score (nSPS) is 12.4. The average molecular weight is 286 g/mol. The molecule has 5 nitrogen and oxygen atoms in total. The van der Waals surface area contributed by atoms with Gasteiger partial charge in [0.1, 0.15) is 12.1 Å². The maximum atomic E-state index is 11.5. The summed E-state index contributed by atoms with van der Waals surface area (Å²) < 4.78 is 18.4. The zero-order valence-corrected chi connectivity index (χ0v) is 11.5. The minimum atomic E-state index is -1.18. The Balaban J connectivity index is 2.36. The molecule has 0 aliphatic carbocycles. The first-order valence-electron chi connectivity index (χ1n) is 5.15. The lowest BCUT2D eigenvalue weighted by Gasteiger charge is -2.10. The summed E-state index contributed by atoms with van der Waals surface area (Å²) in [7, 11) is 0.414. The van der Waals surface area contributed by atoms with Crippen LogP contribution in [0.4, 0.5) is 0 Å². The summed E-state index contributed by atoms with van der Waals surface area (Å²) in [5.74, 6) is 0.723. The molecule has 96 valence electrons. The van der Waals surface area contributed by atoms with Gasteiger partial charge in [-0.05, 0) is 18.2 Å². The lowest BCUT2D eigenvalue weighted by Crippen LogP contribution is -2.06. The van der Waals surface area contributed by atoms with Gasteiger partial charge in [-0.1, -0.05) is 11.6 Å². The summed E-state index contributed by atoms with van der Waals surface area (Å²) in [6.45, 7) is 0.464. The minimum Gasteiger partial charge on any atom is -0.496 e. The Labute approximate surface area is 112 Å². The van der Waals surface area contributed by atoms with Crippen molar-refractivity contribution in [1.82, 2.24) is 14.8 Å². The van der Waals surface area contributed by atoms with Crippen molar-refractivity contribution in [3.8, 4) is 5.75 Å². The zero-order valence-electron chi connectivity index (χ0n) is 9.96. The minimum absolute atomic E-state index is 0.428. The van der Waals surface area contributed by atoms with E-state index in [1.54, 1.807) is 30.1 Å². The molecule has 0 saturated heterocycles. The van der Waals surface area contributed by atoms with Crippen LogP contribution in [0.2, 0.25) is 5.02 Å². The highest BCUT2D eigenvalue weighted by molar-refractivity contribution is 7.84. The highest BCUT2D eigenvalue weighted by Gasteiger charge is 2.11. The van der Waals surface area contributed by atoms with Crippen LogP contribution in [0.1, 0.15) is 5.56 Å². The maximum absolute atomic E-state index is 11.5. The number of ether oxygens (including phenoxy) is 1. The Morgan fingerprint density at radius 2 is 2.28 bits per heavy atom. The van der Waals surface area contributed by atoms with Crippen LogP contribution in [0.5, 0.6) is 5.75 Å². The molecule has 0 amide bonds. The highest BCUT2D eigenvalue weighted by Crippen LogP contribution is 2.23. The molecule has 1 heterocycles. The number of methoxy groups -OCH3 is 1. The van der Waals surface area contributed by atoms with Gasteiger partial charge in [0.05, 0.1) is 24.5 Å². The van der Waals surface area contributed by atoms with Crippen LogP contribution in [0.25, 0.3) is 0 Å². The third-order valence-corrected chi connectivity index (χ3v) is 3.49. The number of hydrogen-bond acceptors (Lipinski definition) is 4. The van der Waals surface area contributed by atoms with Gasteiger partial charge in [0.2, 0.25) is 5.16 Å². The smallest absolute Gasteiger partial charge is 0.221 e. The molecule has 0 spiro atoms. The summed E-state index contributed by atoms with van der Waals surface area (Å²) in [4.78, 5) is 0. The monoisotopic (exact) mass is 285 g/mol. The molecule has 0 N–H and O–H groups in total. The molecule has 2 aromatic rings.